The molecule has 2 amide bonds. The lowest BCUT2D eigenvalue weighted by Crippen LogP contribution is -2.55. The molecule has 9 nitrogen and oxygen atoms in total. The van der Waals surface area contributed by atoms with Crippen LogP contribution in [0.5, 0.6) is 11.5 Å². The van der Waals surface area contributed by atoms with Crippen LogP contribution < -0.4 is 15.2 Å². The molecule has 0 radical (unpaired) electrons. The molecule has 1 aromatic carbocycles. The molecule has 2 aliphatic rings. The van der Waals surface area contributed by atoms with E-state index in [1.807, 2.05) is 6.92 Å². The minimum absolute atomic E-state index is 0.0384. The maximum atomic E-state index is 13.3. The molecule has 11 heteroatoms. The molecule has 2 aromatic rings. The lowest BCUT2D eigenvalue weighted by molar-refractivity contribution is -0.132. The van der Waals surface area contributed by atoms with Gasteiger partial charge in [-0.05, 0) is 50.8 Å². The standard InChI is InChI=1S/C24H30F2N4O5/c1-13-11-29(8-9-30(13)15(3)31)23(32)20-21(14(2)27)35-22(28-20)17-6-7-18(34-24(25)26)19(10-17)33-12-16-4-5-16/h6-7,10,13-14,16,24H,4-5,8-9,11-12,27H2,1-3H3/t13-,14+/m1/s1. The maximum Gasteiger partial charge on any atom is 0.387 e. The molecular formula is C24H30F2N4O5. The van der Waals surface area contributed by atoms with Crippen LogP contribution in [0.2, 0.25) is 0 Å². The minimum atomic E-state index is -2.99. The Morgan fingerprint density at radius 1 is 1.26 bits per heavy atom. The van der Waals surface area contributed by atoms with Gasteiger partial charge in [0, 0.05) is 38.2 Å². The molecule has 1 aliphatic heterocycles. The Morgan fingerprint density at radius 3 is 2.60 bits per heavy atom. The summed E-state index contributed by atoms with van der Waals surface area (Å²) in [7, 11) is 0. The molecule has 1 aromatic heterocycles. The highest BCUT2D eigenvalue weighted by Gasteiger charge is 2.33. The van der Waals surface area contributed by atoms with Gasteiger partial charge in [-0.2, -0.15) is 8.78 Å². The molecule has 2 heterocycles. The number of oxazole rings is 1. The molecule has 0 spiro atoms. The fourth-order valence-corrected chi connectivity index (χ4v) is 4.12. The van der Waals surface area contributed by atoms with Crippen molar-refractivity contribution in [3.05, 3.63) is 29.7 Å². The minimum Gasteiger partial charge on any atom is -0.489 e. The number of nitrogens with two attached hydrogens (primary N) is 1. The van der Waals surface area contributed by atoms with Crippen LogP contribution in [0.3, 0.4) is 0 Å². The fraction of sp³-hybridized carbons (Fsp3) is 0.542. The van der Waals surface area contributed by atoms with Gasteiger partial charge in [-0.25, -0.2) is 4.98 Å². The van der Waals surface area contributed by atoms with Crippen molar-refractivity contribution in [1.82, 2.24) is 14.8 Å². The largest absolute Gasteiger partial charge is 0.489 e. The van der Waals surface area contributed by atoms with Crippen LogP contribution in [0, 0.1) is 5.92 Å². The van der Waals surface area contributed by atoms with E-state index < -0.39 is 12.7 Å². The second-order valence-corrected chi connectivity index (χ2v) is 9.13. The molecule has 1 saturated heterocycles. The summed E-state index contributed by atoms with van der Waals surface area (Å²) in [6.07, 6.45) is 2.07. The number of alkyl halides is 2. The van der Waals surface area contributed by atoms with E-state index in [0.717, 1.165) is 12.8 Å². The highest BCUT2D eigenvalue weighted by atomic mass is 19.3. The van der Waals surface area contributed by atoms with Gasteiger partial charge in [0.2, 0.25) is 11.8 Å². The lowest BCUT2D eigenvalue weighted by Gasteiger charge is -2.39. The third-order valence-electron chi connectivity index (χ3n) is 6.17. The number of aromatic nitrogens is 1. The molecule has 0 bridgehead atoms. The first-order valence-electron chi connectivity index (χ1n) is 11.7. The normalized spacial score (nSPS) is 19.1. The second-order valence-electron chi connectivity index (χ2n) is 9.13. The van der Waals surface area contributed by atoms with Crippen LogP contribution in [0.25, 0.3) is 11.5 Å². The summed E-state index contributed by atoms with van der Waals surface area (Å²) in [6, 6.07) is 3.64. The predicted molar refractivity (Wildman–Crippen MR) is 122 cm³/mol. The van der Waals surface area contributed by atoms with Gasteiger partial charge in [0.15, 0.2) is 23.0 Å². The van der Waals surface area contributed by atoms with Gasteiger partial charge in [-0.15, -0.1) is 0 Å². The third kappa shape index (κ3) is 5.72. The Labute approximate surface area is 202 Å². The van der Waals surface area contributed by atoms with E-state index in [2.05, 4.69) is 9.72 Å². The van der Waals surface area contributed by atoms with Gasteiger partial charge >= 0.3 is 6.61 Å². The van der Waals surface area contributed by atoms with Crippen molar-refractivity contribution in [1.29, 1.82) is 0 Å². The average molecular weight is 493 g/mol. The van der Waals surface area contributed by atoms with Crippen molar-refractivity contribution in [2.45, 2.75) is 52.3 Å². The number of halogens is 2. The van der Waals surface area contributed by atoms with E-state index in [1.165, 1.54) is 25.1 Å². The van der Waals surface area contributed by atoms with Gasteiger partial charge in [0.1, 0.15) is 0 Å². The molecule has 1 aliphatic carbocycles. The van der Waals surface area contributed by atoms with E-state index in [0.29, 0.717) is 37.7 Å². The van der Waals surface area contributed by atoms with E-state index >= 15 is 0 Å². The van der Waals surface area contributed by atoms with Gasteiger partial charge in [0.25, 0.3) is 5.91 Å². The summed E-state index contributed by atoms with van der Waals surface area (Å²) in [5.41, 5.74) is 6.60. The summed E-state index contributed by atoms with van der Waals surface area (Å²) < 4.78 is 41.9. The number of nitrogens with zero attached hydrogens (tertiary/aromatic N) is 3. The van der Waals surface area contributed by atoms with Crippen LogP contribution >= 0.6 is 0 Å². The van der Waals surface area contributed by atoms with E-state index in [-0.39, 0.29) is 46.7 Å². The topological polar surface area (TPSA) is 111 Å². The highest BCUT2D eigenvalue weighted by Crippen LogP contribution is 2.37. The molecule has 35 heavy (non-hydrogen) atoms. The van der Waals surface area contributed by atoms with Gasteiger partial charge in [0.05, 0.1) is 12.6 Å². The van der Waals surface area contributed by atoms with Crippen LogP contribution in [0.1, 0.15) is 55.9 Å². The van der Waals surface area contributed by atoms with Crippen molar-refractivity contribution in [3.8, 4) is 23.0 Å². The van der Waals surface area contributed by atoms with Crippen LogP contribution in [-0.4, -0.2) is 65.5 Å². The molecule has 0 unspecified atom stereocenters. The smallest absolute Gasteiger partial charge is 0.387 e. The Balaban J connectivity index is 1.61. The Hall–Kier alpha value is -3.21. The van der Waals surface area contributed by atoms with Crippen molar-refractivity contribution in [2.24, 2.45) is 11.7 Å². The number of hydrogen-bond acceptors (Lipinski definition) is 7. The zero-order valence-electron chi connectivity index (χ0n) is 20.0. The number of rotatable bonds is 8. The first-order valence-corrected chi connectivity index (χ1v) is 11.7. The average Bonchev–Trinajstić information content (AvgIpc) is 3.52. The number of amides is 2. The molecule has 4 rings (SSSR count). The van der Waals surface area contributed by atoms with Gasteiger partial charge < -0.3 is 29.4 Å². The number of ether oxygens (including phenoxy) is 2. The monoisotopic (exact) mass is 492 g/mol. The molecule has 2 atom stereocenters. The van der Waals surface area contributed by atoms with E-state index in [4.69, 9.17) is 14.9 Å². The molecule has 2 N–H and O–H groups in total. The Morgan fingerprint density at radius 2 is 2.00 bits per heavy atom. The van der Waals surface area contributed by atoms with Crippen LogP contribution in [-0.2, 0) is 4.79 Å². The quantitative estimate of drug-likeness (QED) is 0.601. The van der Waals surface area contributed by atoms with Crippen molar-refractivity contribution in [3.63, 3.8) is 0 Å². The number of piperazine rings is 1. The predicted octanol–water partition coefficient (Wildman–Crippen LogP) is 3.44. The first kappa shape index (κ1) is 24.9. The second kappa shape index (κ2) is 10.2. The molecule has 1 saturated carbocycles. The van der Waals surface area contributed by atoms with Crippen LogP contribution in [0.4, 0.5) is 8.78 Å². The fourth-order valence-electron chi connectivity index (χ4n) is 4.12. The van der Waals surface area contributed by atoms with Crippen molar-refractivity contribution in [2.75, 3.05) is 26.2 Å². The van der Waals surface area contributed by atoms with Crippen molar-refractivity contribution >= 4 is 11.8 Å². The Kier molecular flexibility index (Phi) is 7.25. The van der Waals surface area contributed by atoms with E-state index in [1.54, 1.807) is 16.7 Å². The first-order chi connectivity index (χ1) is 16.6. The highest BCUT2D eigenvalue weighted by molar-refractivity contribution is 5.94. The number of carbonyl (C=O) groups is 2. The van der Waals surface area contributed by atoms with Gasteiger partial charge in [-0.3, -0.25) is 9.59 Å². The summed E-state index contributed by atoms with van der Waals surface area (Å²) in [4.78, 5) is 32.9. The Bertz CT molecular complexity index is 1090. The third-order valence-corrected chi connectivity index (χ3v) is 6.17. The van der Waals surface area contributed by atoms with Gasteiger partial charge in [-0.1, -0.05) is 0 Å². The molecule has 2 fully saturated rings. The summed E-state index contributed by atoms with van der Waals surface area (Å²) in [5.74, 6) is 0.429. The van der Waals surface area contributed by atoms with E-state index in [9.17, 15) is 18.4 Å². The SMILES string of the molecule is CC(=O)N1CCN(C(=O)c2nc(-c3ccc(OC(F)F)c(OCC4CC4)c3)oc2[C@H](C)N)C[C@H]1C. The number of benzene rings is 1. The van der Waals surface area contributed by atoms with Crippen LogP contribution in [0.15, 0.2) is 22.6 Å². The lowest BCUT2D eigenvalue weighted by atomic mass is 10.1. The summed E-state index contributed by atoms with van der Waals surface area (Å²) >= 11 is 0. The molecule has 190 valence electrons. The zero-order valence-corrected chi connectivity index (χ0v) is 20.0. The zero-order chi connectivity index (χ0) is 25.3. The summed E-state index contributed by atoms with van der Waals surface area (Å²) in [6.45, 7) is 3.62. The number of hydrogen-bond donors (Lipinski definition) is 1. The molecular weight excluding hydrogens is 462 g/mol. The maximum absolute atomic E-state index is 13.3. The summed E-state index contributed by atoms with van der Waals surface area (Å²) in [5, 5.41) is 0. The van der Waals surface area contributed by atoms with Crippen molar-refractivity contribution < 1.29 is 32.3 Å². The number of carbonyl (C=O) groups excluding carboxylic acids is 2.